The first-order valence-corrected chi connectivity index (χ1v) is 6.60. The van der Waals surface area contributed by atoms with Gasteiger partial charge in [0.05, 0.1) is 12.2 Å². The lowest BCUT2D eigenvalue weighted by molar-refractivity contribution is 0.0898. The zero-order chi connectivity index (χ0) is 13.1. The Morgan fingerprint density at radius 3 is 2.56 bits per heavy atom. The van der Waals surface area contributed by atoms with E-state index in [0.717, 1.165) is 25.1 Å². The van der Waals surface area contributed by atoms with Gasteiger partial charge < -0.3 is 9.84 Å². The van der Waals surface area contributed by atoms with Crippen LogP contribution in [0.25, 0.3) is 0 Å². The van der Waals surface area contributed by atoms with Gasteiger partial charge in [0, 0.05) is 26.7 Å². The van der Waals surface area contributed by atoms with Crippen LogP contribution in [-0.2, 0) is 4.74 Å². The maximum atomic E-state index is 10.3. The molecule has 18 heavy (non-hydrogen) atoms. The highest BCUT2D eigenvalue weighted by molar-refractivity contribution is 5.30. The van der Waals surface area contributed by atoms with Crippen molar-refractivity contribution in [3.05, 3.63) is 34.9 Å². The lowest BCUT2D eigenvalue weighted by atomic mass is 10.0. The minimum atomic E-state index is -0.404. The predicted octanol–water partition coefficient (Wildman–Crippen LogP) is 2.06. The summed E-state index contributed by atoms with van der Waals surface area (Å²) in [6.45, 7) is 6.78. The highest BCUT2D eigenvalue weighted by atomic mass is 16.5. The lowest BCUT2D eigenvalue weighted by Crippen LogP contribution is -2.27. The van der Waals surface area contributed by atoms with Crippen molar-refractivity contribution < 1.29 is 9.84 Å². The molecule has 1 aliphatic rings. The van der Waals surface area contributed by atoms with Crippen LogP contribution in [0.1, 0.15) is 29.2 Å². The number of hydrogen-bond acceptors (Lipinski definition) is 3. The molecule has 1 heterocycles. The van der Waals surface area contributed by atoms with Gasteiger partial charge in [0.15, 0.2) is 0 Å². The molecule has 3 nitrogen and oxygen atoms in total. The van der Waals surface area contributed by atoms with Crippen molar-refractivity contribution in [3.63, 3.8) is 0 Å². The molecule has 1 aromatic rings. The van der Waals surface area contributed by atoms with Crippen molar-refractivity contribution in [2.24, 2.45) is 0 Å². The number of aryl methyl sites for hydroxylation is 2. The Morgan fingerprint density at radius 1 is 1.33 bits per heavy atom. The van der Waals surface area contributed by atoms with Crippen LogP contribution in [0, 0.1) is 13.8 Å². The van der Waals surface area contributed by atoms with Gasteiger partial charge in [0.1, 0.15) is 0 Å². The summed E-state index contributed by atoms with van der Waals surface area (Å²) in [6, 6.07) is 6.27. The van der Waals surface area contributed by atoms with E-state index in [0.29, 0.717) is 12.6 Å². The van der Waals surface area contributed by atoms with E-state index in [-0.39, 0.29) is 0 Å². The molecule has 1 aliphatic heterocycles. The van der Waals surface area contributed by atoms with Crippen molar-refractivity contribution >= 4 is 0 Å². The Hall–Kier alpha value is -0.900. The molecule has 0 aliphatic carbocycles. The van der Waals surface area contributed by atoms with E-state index in [9.17, 15) is 5.11 Å². The molecule has 2 rings (SSSR count). The molecule has 0 bridgehead atoms. The fourth-order valence-electron chi connectivity index (χ4n) is 2.71. The Labute approximate surface area is 109 Å². The molecule has 0 spiro atoms. The van der Waals surface area contributed by atoms with Gasteiger partial charge in [-0.05, 0) is 25.8 Å². The van der Waals surface area contributed by atoms with Gasteiger partial charge in [-0.15, -0.1) is 0 Å². The van der Waals surface area contributed by atoms with Crippen LogP contribution in [0.5, 0.6) is 0 Å². The Balaban J connectivity index is 1.97. The molecule has 0 saturated carbocycles. The first-order chi connectivity index (χ1) is 8.58. The van der Waals surface area contributed by atoms with Crippen molar-refractivity contribution in [1.82, 2.24) is 4.90 Å². The molecule has 1 N–H and O–H groups in total. The zero-order valence-electron chi connectivity index (χ0n) is 11.5. The van der Waals surface area contributed by atoms with E-state index in [1.165, 1.54) is 11.1 Å². The van der Waals surface area contributed by atoms with Crippen LogP contribution in [0.2, 0.25) is 0 Å². The van der Waals surface area contributed by atoms with E-state index in [1.54, 1.807) is 7.11 Å². The van der Waals surface area contributed by atoms with E-state index >= 15 is 0 Å². The second-order valence-corrected chi connectivity index (χ2v) is 5.34. The third-order valence-corrected chi connectivity index (χ3v) is 3.62. The average molecular weight is 249 g/mol. The van der Waals surface area contributed by atoms with Crippen LogP contribution < -0.4 is 0 Å². The standard InChI is InChI=1S/C15H23NO2/c1-11-6-12(2)8-13(7-11)15(17)10-16-5-4-14(9-16)18-3/h6-8,14-15,17H,4-5,9-10H2,1-3H3. The van der Waals surface area contributed by atoms with Crippen LogP contribution in [0.3, 0.4) is 0 Å². The summed E-state index contributed by atoms with van der Waals surface area (Å²) in [7, 11) is 1.76. The van der Waals surface area contributed by atoms with Gasteiger partial charge in [-0.3, -0.25) is 4.90 Å². The summed E-state index contributed by atoms with van der Waals surface area (Å²) in [4.78, 5) is 2.27. The predicted molar refractivity (Wildman–Crippen MR) is 72.7 cm³/mol. The lowest BCUT2D eigenvalue weighted by Gasteiger charge is -2.20. The summed E-state index contributed by atoms with van der Waals surface area (Å²) in [6.07, 6.45) is 0.992. The molecule has 2 unspecified atom stereocenters. The van der Waals surface area contributed by atoms with Crippen molar-refractivity contribution in [2.45, 2.75) is 32.5 Å². The second-order valence-electron chi connectivity index (χ2n) is 5.34. The second kappa shape index (κ2) is 5.83. The molecular weight excluding hydrogens is 226 g/mol. The third-order valence-electron chi connectivity index (χ3n) is 3.62. The quantitative estimate of drug-likeness (QED) is 0.886. The Kier molecular flexibility index (Phi) is 4.38. The summed E-state index contributed by atoms with van der Waals surface area (Å²) in [5.74, 6) is 0. The topological polar surface area (TPSA) is 32.7 Å². The van der Waals surface area contributed by atoms with Crippen molar-refractivity contribution in [3.8, 4) is 0 Å². The van der Waals surface area contributed by atoms with E-state index in [4.69, 9.17) is 4.74 Å². The van der Waals surface area contributed by atoms with E-state index < -0.39 is 6.10 Å². The maximum absolute atomic E-state index is 10.3. The van der Waals surface area contributed by atoms with Crippen LogP contribution in [-0.4, -0.2) is 42.9 Å². The van der Waals surface area contributed by atoms with Crippen LogP contribution >= 0.6 is 0 Å². The fraction of sp³-hybridized carbons (Fsp3) is 0.600. The summed E-state index contributed by atoms with van der Waals surface area (Å²) >= 11 is 0. The highest BCUT2D eigenvalue weighted by Gasteiger charge is 2.24. The fourth-order valence-corrected chi connectivity index (χ4v) is 2.71. The number of nitrogens with zero attached hydrogens (tertiary/aromatic N) is 1. The van der Waals surface area contributed by atoms with Gasteiger partial charge in [0.2, 0.25) is 0 Å². The number of rotatable bonds is 4. The first-order valence-electron chi connectivity index (χ1n) is 6.60. The van der Waals surface area contributed by atoms with Crippen molar-refractivity contribution in [1.29, 1.82) is 0 Å². The van der Waals surface area contributed by atoms with Gasteiger partial charge in [-0.2, -0.15) is 0 Å². The molecular formula is C15H23NO2. The third kappa shape index (κ3) is 3.31. The van der Waals surface area contributed by atoms with Gasteiger partial charge in [-0.1, -0.05) is 29.3 Å². The molecule has 3 heteroatoms. The Morgan fingerprint density at radius 2 is 2.00 bits per heavy atom. The smallest absolute Gasteiger partial charge is 0.0917 e. The summed E-state index contributed by atoms with van der Waals surface area (Å²) < 4.78 is 5.34. The number of benzene rings is 1. The number of β-amino-alcohol motifs (C(OH)–C–C–N with tert-alkyl or cyclic N) is 1. The van der Waals surface area contributed by atoms with E-state index in [1.807, 2.05) is 0 Å². The summed E-state index contributed by atoms with van der Waals surface area (Å²) in [5.41, 5.74) is 3.44. The largest absolute Gasteiger partial charge is 0.387 e. The van der Waals surface area contributed by atoms with Crippen molar-refractivity contribution in [2.75, 3.05) is 26.7 Å². The van der Waals surface area contributed by atoms with E-state index in [2.05, 4.69) is 36.9 Å². The maximum Gasteiger partial charge on any atom is 0.0917 e. The number of likely N-dealkylation sites (tertiary alicyclic amines) is 1. The zero-order valence-corrected chi connectivity index (χ0v) is 11.5. The minimum Gasteiger partial charge on any atom is -0.387 e. The molecule has 1 aromatic carbocycles. The number of aliphatic hydroxyl groups is 1. The Bertz CT molecular complexity index is 385. The molecule has 2 atom stereocenters. The number of aliphatic hydroxyl groups excluding tert-OH is 1. The number of methoxy groups -OCH3 is 1. The number of hydrogen-bond donors (Lipinski definition) is 1. The van der Waals surface area contributed by atoms with Gasteiger partial charge in [-0.25, -0.2) is 0 Å². The minimum absolute atomic E-state index is 0.330. The normalized spacial score (nSPS) is 22.3. The molecule has 0 radical (unpaired) electrons. The monoisotopic (exact) mass is 249 g/mol. The first kappa shape index (κ1) is 13.5. The van der Waals surface area contributed by atoms with Crippen LogP contribution in [0.4, 0.5) is 0 Å². The SMILES string of the molecule is COC1CCN(CC(O)c2cc(C)cc(C)c2)C1. The molecule has 0 aromatic heterocycles. The molecule has 1 fully saturated rings. The molecule has 1 saturated heterocycles. The number of ether oxygens (including phenoxy) is 1. The molecule has 100 valence electrons. The van der Waals surface area contributed by atoms with Gasteiger partial charge in [0.25, 0.3) is 0 Å². The highest BCUT2D eigenvalue weighted by Crippen LogP contribution is 2.20. The summed E-state index contributed by atoms with van der Waals surface area (Å²) in [5, 5.41) is 10.3. The van der Waals surface area contributed by atoms with Gasteiger partial charge >= 0.3 is 0 Å². The molecule has 0 amide bonds. The van der Waals surface area contributed by atoms with Crippen LogP contribution in [0.15, 0.2) is 18.2 Å². The average Bonchev–Trinajstić information content (AvgIpc) is 2.75.